The molecule has 1 heterocycles. The first-order valence-corrected chi connectivity index (χ1v) is 5.52. The van der Waals surface area contributed by atoms with Crippen molar-refractivity contribution >= 4 is 22.5 Å². The summed E-state index contributed by atoms with van der Waals surface area (Å²) in [5.74, 6) is 0. The van der Waals surface area contributed by atoms with Crippen molar-refractivity contribution < 1.29 is 0 Å². The third-order valence-electron chi connectivity index (χ3n) is 2.46. The Kier molecular flexibility index (Phi) is 3.45. The van der Waals surface area contributed by atoms with Crippen LogP contribution in [0.5, 0.6) is 0 Å². The van der Waals surface area contributed by atoms with Gasteiger partial charge in [-0.15, -0.1) is 0 Å². The number of hydrogen-bond acceptors (Lipinski definition) is 2. The van der Waals surface area contributed by atoms with Crippen LogP contribution in [0.1, 0.15) is 12.0 Å². The van der Waals surface area contributed by atoms with Crippen molar-refractivity contribution in [1.29, 1.82) is 5.26 Å². The molecular weight excluding hydrogens is 222 g/mol. The number of nitrogens with one attached hydrogen (secondary N) is 2. The fourth-order valence-corrected chi connectivity index (χ4v) is 1.84. The normalized spacial score (nSPS) is 10.5. The van der Waals surface area contributed by atoms with E-state index in [1.807, 2.05) is 24.4 Å². The summed E-state index contributed by atoms with van der Waals surface area (Å²) < 4.78 is 0. The Hall–Kier alpha value is -1.50. The van der Waals surface area contributed by atoms with Gasteiger partial charge in [-0.2, -0.15) is 5.26 Å². The van der Waals surface area contributed by atoms with Gasteiger partial charge in [-0.25, -0.2) is 0 Å². The Balaban J connectivity index is 2.10. The fourth-order valence-electron chi connectivity index (χ4n) is 1.67. The molecule has 1 aromatic heterocycles. The van der Waals surface area contributed by atoms with Gasteiger partial charge in [0.05, 0.1) is 6.07 Å². The number of nitrogens with zero attached hydrogens (tertiary/aromatic N) is 1. The van der Waals surface area contributed by atoms with Gasteiger partial charge in [-0.3, -0.25) is 0 Å². The first kappa shape index (κ1) is 11.0. The van der Waals surface area contributed by atoms with Crippen LogP contribution in [0.4, 0.5) is 0 Å². The molecule has 0 radical (unpaired) electrons. The van der Waals surface area contributed by atoms with Crippen molar-refractivity contribution in [3.63, 3.8) is 0 Å². The lowest BCUT2D eigenvalue weighted by atomic mass is 10.2. The molecule has 0 unspecified atom stereocenters. The zero-order valence-electron chi connectivity index (χ0n) is 8.76. The van der Waals surface area contributed by atoms with E-state index in [1.54, 1.807) is 0 Å². The summed E-state index contributed by atoms with van der Waals surface area (Å²) in [4.78, 5) is 3.18. The SMILES string of the molecule is N#CCCNCc1c[nH]c2cc(Cl)ccc12. The van der Waals surface area contributed by atoms with Crippen molar-refractivity contribution in [3.8, 4) is 6.07 Å². The molecule has 1 aromatic carbocycles. The van der Waals surface area contributed by atoms with E-state index in [0.29, 0.717) is 6.42 Å². The molecule has 0 saturated heterocycles. The van der Waals surface area contributed by atoms with Crippen LogP contribution in [-0.2, 0) is 6.54 Å². The van der Waals surface area contributed by atoms with E-state index in [2.05, 4.69) is 16.4 Å². The second kappa shape index (κ2) is 5.02. The van der Waals surface area contributed by atoms with Gasteiger partial charge >= 0.3 is 0 Å². The molecule has 2 aromatic rings. The minimum absolute atomic E-state index is 0.536. The molecule has 0 aliphatic carbocycles. The average molecular weight is 234 g/mol. The highest BCUT2D eigenvalue weighted by Gasteiger charge is 2.03. The van der Waals surface area contributed by atoms with E-state index in [4.69, 9.17) is 16.9 Å². The molecular formula is C12H12ClN3. The molecule has 0 amide bonds. The molecule has 2 rings (SSSR count). The number of benzene rings is 1. The van der Waals surface area contributed by atoms with Gasteiger partial charge in [-0.05, 0) is 17.7 Å². The highest BCUT2D eigenvalue weighted by Crippen LogP contribution is 2.21. The number of fused-ring (bicyclic) bond motifs is 1. The minimum atomic E-state index is 0.536. The number of aromatic nitrogens is 1. The zero-order chi connectivity index (χ0) is 11.4. The number of halogens is 1. The first-order chi connectivity index (χ1) is 7.81. The smallest absolute Gasteiger partial charge is 0.0635 e. The van der Waals surface area contributed by atoms with Crippen molar-refractivity contribution in [3.05, 3.63) is 35.0 Å². The molecule has 2 N–H and O–H groups in total. The molecule has 82 valence electrons. The Morgan fingerprint density at radius 3 is 3.12 bits per heavy atom. The van der Waals surface area contributed by atoms with Crippen molar-refractivity contribution in [2.24, 2.45) is 0 Å². The monoisotopic (exact) mass is 233 g/mol. The van der Waals surface area contributed by atoms with Gasteiger partial charge in [0, 0.05) is 41.6 Å². The number of hydrogen-bond donors (Lipinski definition) is 2. The summed E-state index contributed by atoms with van der Waals surface area (Å²) >= 11 is 5.90. The molecule has 3 nitrogen and oxygen atoms in total. The van der Waals surface area contributed by atoms with Gasteiger partial charge in [0.2, 0.25) is 0 Å². The molecule has 0 bridgehead atoms. The highest BCUT2D eigenvalue weighted by atomic mass is 35.5. The second-order valence-electron chi connectivity index (χ2n) is 3.59. The maximum Gasteiger partial charge on any atom is 0.0635 e. The van der Waals surface area contributed by atoms with E-state index >= 15 is 0 Å². The van der Waals surface area contributed by atoms with Crippen molar-refractivity contribution in [1.82, 2.24) is 10.3 Å². The zero-order valence-corrected chi connectivity index (χ0v) is 9.51. The molecule has 0 aliphatic rings. The lowest BCUT2D eigenvalue weighted by Crippen LogP contribution is -2.13. The van der Waals surface area contributed by atoms with Crippen LogP contribution in [0.2, 0.25) is 5.02 Å². The Bertz CT molecular complexity index is 525. The highest BCUT2D eigenvalue weighted by molar-refractivity contribution is 6.31. The summed E-state index contributed by atoms with van der Waals surface area (Å²) in [6.07, 6.45) is 2.51. The van der Waals surface area contributed by atoms with E-state index in [9.17, 15) is 0 Å². The molecule has 0 saturated carbocycles. The van der Waals surface area contributed by atoms with Gasteiger partial charge in [0.15, 0.2) is 0 Å². The minimum Gasteiger partial charge on any atom is -0.361 e. The summed E-state index contributed by atoms with van der Waals surface area (Å²) in [5.41, 5.74) is 2.24. The lowest BCUT2D eigenvalue weighted by Gasteiger charge is -2.00. The molecule has 0 aliphatic heterocycles. The van der Waals surface area contributed by atoms with Crippen LogP contribution in [-0.4, -0.2) is 11.5 Å². The summed E-state index contributed by atoms with van der Waals surface area (Å²) in [6, 6.07) is 7.91. The van der Waals surface area contributed by atoms with E-state index in [1.165, 1.54) is 10.9 Å². The summed E-state index contributed by atoms with van der Waals surface area (Å²) in [7, 11) is 0. The third-order valence-corrected chi connectivity index (χ3v) is 2.69. The van der Waals surface area contributed by atoms with Crippen LogP contribution in [0.15, 0.2) is 24.4 Å². The van der Waals surface area contributed by atoms with Gasteiger partial charge in [0.25, 0.3) is 0 Å². The molecule has 0 spiro atoms. The number of nitriles is 1. The van der Waals surface area contributed by atoms with E-state index in [-0.39, 0.29) is 0 Å². The van der Waals surface area contributed by atoms with Crippen LogP contribution < -0.4 is 5.32 Å². The Labute approximate surface area is 99.0 Å². The molecule has 0 atom stereocenters. The average Bonchev–Trinajstić information content (AvgIpc) is 2.67. The van der Waals surface area contributed by atoms with E-state index < -0.39 is 0 Å². The maximum absolute atomic E-state index is 8.41. The largest absolute Gasteiger partial charge is 0.361 e. The number of H-pyrrole nitrogens is 1. The lowest BCUT2D eigenvalue weighted by molar-refractivity contribution is 0.702. The quantitative estimate of drug-likeness (QED) is 0.798. The predicted octanol–water partition coefficient (Wildman–Crippen LogP) is 2.82. The standard InChI is InChI=1S/C12H12ClN3/c13-10-2-3-11-9(7-15-5-1-4-14)8-16-12(11)6-10/h2-3,6,8,15-16H,1,5,7H2. The first-order valence-electron chi connectivity index (χ1n) is 5.14. The van der Waals surface area contributed by atoms with Crippen LogP contribution >= 0.6 is 11.6 Å². The predicted molar refractivity (Wildman–Crippen MR) is 65.2 cm³/mol. The summed E-state index contributed by atoms with van der Waals surface area (Å²) in [6.45, 7) is 1.49. The van der Waals surface area contributed by atoms with Crippen molar-refractivity contribution in [2.45, 2.75) is 13.0 Å². The van der Waals surface area contributed by atoms with Crippen molar-refractivity contribution in [2.75, 3.05) is 6.54 Å². The van der Waals surface area contributed by atoms with Crippen LogP contribution in [0.3, 0.4) is 0 Å². The number of aromatic amines is 1. The maximum atomic E-state index is 8.41. The Morgan fingerprint density at radius 1 is 1.44 bits per heavy atom. The molecule has 0 fully saturated rings. The van der Waals surface area contributed by atoms with Crippen LogP contribution in [0.25, 0.3) is 10.9 Å². The third kappa shape index (κ3) is 2.35. The fraction of sp³-hybridized carbons (Fsp3) is 0.250. The second-order valence-corrected chi connectivity index (χ2v) is 4.03. The van der Waals surface area contributed by atoms with Gasteiger partial charge in [0.1, 0.15) is 0 Å². The van der Waals surface area contributed by atoms with E-state index in [0.717, 1.165) is 23.6 Å². The molecule has 16 heavy (non-hydrogen) atoms. The molecule has 4 heteroatoms. The van der Waals surface area contributed by atoms with Gasteiger partial charge in [-0.1, -0.05) is 17.7 Å². The Morgan fingerprint density at radius 2 is 2.31 bits per heavy atom. The van der Waals surface area contributed by atoms with Gasteiger partial charge < -0.3 is 10.3 Å². The topological polar surface area (TPSA) is 51.6 Å². The van der Waals surface area contributed by atoms with Crippen LogP contribution in [0, 0.1) is 11.3 Å². The number of rotatable bonds is 4. The summed E-state index contributed by atoms with van der Waals surface area (Å²) in [5, 5.41) is 13.5.